The zero-order valence-corrected chi connectivity index (χ0v) is 12.1. The largest absolute Gasteiger partial charge is 0.496 e. The monoisotopic (exact) mass is 279 g/mol. The molecule has 0 amide bonds. The molecule has 3 nitrogen and oxygen atoms in total. The van der Waals surface area contributed by atoms with Crippen molar-refractivity contribution in [2.75, 3.05) is 7.11 Å². The summed E-state index contributed by atoms with van der Waals surface area (Å²) < 4.78 is 5.37. The van der Waals surface area contributed by atoms with Gasteiger partial charge in [-0.2, -0.15) is 0 Å². The summed E-state index contributed by atoms with van der Waals surface area (Å²) in [7, 11) is 1.61. The number of aliphatic hydroxyl groups is 1. The van der Waals surface area contributed by atoms with Crippen molar-refractivity contribution in [3.05, 3.63) is 71.5 Å². The third-order valence-corrected chi connectivity index (χ3v) is 3.64. The molecule has 1 unspecified atom stereocenters. The molecule has 1 atom stereocenters. The van der Waals surface area contributed by atoms with Crippen LogP contribution in [0.2, 0.25) is 0 Å². The quantitative estimate of drug-likeness (QED) is 0.796. The maximum absolute atomic E-state index is 10.8. The molecular formula is C18H17NO2. The maximum atomic E-state index is 10.8. The minimum atomic E-state index is -0.814. The number of aryl methyl sites for hydroxylation is 1. The molecule has 21 heavy (non-hydrogen) atoms. The average molecular weight is 279 g/mol. The minimum Gasteiger partial charge on any atom is -0.496 e. The molecule has 0 aliphatic rings. The van der Waals surface area contributed by atoms with E-state index in [0.717, 1.165) is 21.9 Å². The van der Waals surface area contributed by atoms with Crippen LogP contribution in [0.3, 0.4) is 0 Å². The minimum absolute atomic E-state index is 0.650. The van der Waals surface area contributed by atoms with Crippen molar-refractivity contribution in [1.29, 1.82) is 0 Å². The number of pyridine rings is 1. The van der Waals surface area contributed by atoms with Gasteiger partial charge in [-0.15, -0.1) is 0 Å². The smallest absolute Gasteiger partial charge is 0.125 e. The lowest BCUT2D eigenvalue weighted by Gasteiger charge is -2.16. The predicted molar refractivity (Wildman–Crippen MR) is 83.5 cm³/mol. The Morgan fingerprint density at radius 1 is 1.10 bits per heavy atom. The van der Waals surface area contributed by atoms with E-state index in [1.165, 1.54) is 0 Å². The fourth-order valence-corrected chi connectivity index (χ4v) is 2.58. The number of ether oxygens (including phenoxy) is 1. The molecule has 0 radical (unpaired) electrons. The van der Waals surface area contributed by atoms with E-state index >= 15 is 0 Å². The van der Waals surface area contributed by atoms with Gasteiger partial charge in [-0.1, -0.05) is 35.9 Å². The highest BCUT2D eigenvalue weighted by Gasteiger charge is 2.19. The molecule has 0 spiro atoms. The molecule has 2 aromatic carbocycles. The average Bonchev–Trinajstić information content (AvgIpc) is 2.53. The lowest BCUT2D eigenvalue weighted by Crippen LogP contribution is -2.05. The van der Waals surface area contributed by atoms with Crippen LogP contribution in [0.5, 0.6) is 5.75 Å². The molecule has 1 heterocycles. The number of benzene rings is 2. The molecular weight excluding hydrogens is 262 g/mol. The van der Waals surface area contributed by atoms with Crippen molar-refractivity contribution in [2.45, 2.75) is 13.0 Å². The second-order valence-corrected chi connectivity index (χ2v) is 5.07. The van der Waals surface area contributed by atoms with Gasteiger partial charge in [-0.25, -0.2) is 0 Å². The molecule has 1 aromatic heterocycles. The van der Waals surface area contributed by atoms with Crippen molar-refractivity contribution in [3.8, 4) is 5.75 Å². The summed E-state index contributed by atoms with van der Waals surface area (Å²) in [6, 6.07) is 15.6. The Balaban J connectivity index is 2.17. The molecule has 1 N–H and O–H groups in total. The Labute approximate surface area is 123 Å². The first-order chi connectivity index (χ1) is 10.2. The lowest BCUT2D eigenvalue weighted by molar-refractivity contribution is 0.211. The third-order valence-electron chi connectivity index (χ3n) is 3.64. The van der Waals surface area contributed by atoms with Crippen LogP contribution in [0.1, 0.15) is 22.9 Å². The number of nitrogens with zero attached hydrogens (tertiary/aromatic N) is 1. The molecule has 0 saturated heterocycles. The van der Waals surface area contributed by atoms with E-state index in [9.17, 15) is 5.11 Å². The number of rotatable bonds is 3. The Kier molecular flexibility index (Phi) is 3.59. The maximum Gasteiger partial charge on any atom is 0.125 e. The zero-order valence-electron chi connectivity index (χ0n) is 12.1. The van der Waals surface area contributed by atoms with Crippen LogP contribution in [-0.2, 0) is 0 Å². The summed E-state index contributed by atoms with van der Waals surface area (Å²) in [5.74, 6) is 0.669. The number of hydrogen-bond donors (Lipinski definition) is 1. The molecule has 0 fully saturated rings. The van der Waals surface area contributed by atoms with E-state index in [4.69, 9.17) is 4.74 Å². The van der Waals surface area contributed by atoms with Crippen LogP contribution < -0.4 is 4.74 Å². The van der Waals surface area contributed by atoms with E-state index in [0.29, 0.717) is 11.4 Å². The van der Waals surface area contributed by atoms with E-state index in [2.05, 4.69) is 4.98 Å². The van der Waals surface area contributed by atoms with Crippen LogP contribution >= 0.6 is 0 Å². The standard InChI is InChI=1S/C18H17NO2/c1-12-7-8-16(21-2)15(11-12)18(20)17-14-6-4-3-5-13(14)9-10-19-17/h3-11,18,20H,1-2H3. The number of aliphatic hydroxyl groups excluding tert-OH is 1. The first-order valence-electron chi connectivity index (χ1n) is 6.87. The van der Waals surface area contributed by atoms with Crippen molar-refractivity contribution in [2.24, 2.45) is 0 Å². The highest BCUT2D eigenvalue weighted by molar-refractivity contribution is 5.85. The van der Waals surface area contributed by atoms with Crippen LogP contribution in [-0.4, -0.2) is 17.2 Å². The summed E-state index contributed by atoms with van der Waals surface area (Å²) in [6.45, 7) is 1.99. The number of aromatic nitrogens is 1. The Hall–Kier alpha value is -2.39. The van der Waals surface area contributed by atoms with Crippen molar-refractivity contribution in [1.82, 2.24) is 4.98 Å². The van der Waals surface area contributed by atoms with Crippen molar-refractivity contribution >= 4 is 10.8 Å². The molecule has 106 valence electrons. The number of fused-ring (bicyclic) bond motifs is 1. The number of hydrogen-bond acceptors (Lipinski definition) is 3. The fourth-order valence-electron chi connectivity index (χ4n) is 2.58. The highest BCUT2D eigenvalue weighted by Crippen LogP contribution is 2.32. The molecule has 0 aliphatic heterocycles. The first-order valence-corrected chi connectivity index (χ1v) is 6.87. The number of methoxy groups -OCH3 is 1. The van der Waals surface area contributed by atoms with Crippen LogP contribution in [0.15, 0.2) is 54.7 Å². The summed E-state index contributed by atoms with van der Waals surface area (Å²) in [4.78, 5) is 4.38. The fraction of sp³-hybridized carbons (Fsp3) is 0.167. The summed E-state index contributed by atoms with van der Waals surface area (Å²) in [5, 5.41) is 12.8. The zero-order chi connectivity index (χ0) is 14.8. The van der Waals surface area contributed by atoms with Crippen molar-refractivity contribution < 1.29 is 9.84 Å². The van der Waals surface area contributed by atoms with Gasteiger partial charge in [0, 0.05) is 17.1 Å². The van der Waals surface area contributed by atoms with Crippen LogP contribution in [0.4, 0.5) is 0 Å². The van der Waals surface area contributed by atoms with E-state index in [1.54, 1.807) is 13.3 Å². The first kappa shape index (κ1) is 13.6. The third kappa shape index (κ3) is 2.48. The van der Waals surface area contributed by atoms with E-state index < -0.39 is 6.10 Å². The summed E-state index contributed by atoms with van der Waals surface area (Å²) in [5.41, 5.74) is 2.46. The lowest BCUT2D eigenvalue weighted by atomic mass is 9.99. The van der Waals surface area contributed by atoms with Gasteiger partial charge >= 0.3 is 0 Å². The van der Waals surface area contributed by atoms with E-state index in [1.807, 2.05) is 55.5 Å². The summed E-state index contributed by atoms with van der Waals surface area (Å²) in [6.07, 6.45) is 0.911. The Morgan fingerprint density at radius 3 is 2.71 bits per heavy atom. The van der Waals surface area contributed by atoms with Gasteiger partial charge in [0.05, 0.1) is 12.8 Å². The van der Waals surface area contributed by atoms with Gasteiger partial charge in [-0.3, -0.25) is 4.98 Å². The molecule has 3 aromatic rings. The van der Waals surface area contributed by atoms with Gasteiger partial charge in [0.1, 0.15) is 11.9 Å². The predicted octanol–water partition coefficient (Wildman–Crippen LogP) is 3.63. The van der Waals surface area contributed by atoms with E-state index in [-0.39, 0.29) is 0 Å². The van der Waals surface area contributed by atoms with Gasteiger partial charge in [0.2, 0.25) is 0 Å². The van der Waals surface area contributed by atoms with Crippen molar-refractivity contribution in [3.63, 3.8) is 0 Å². The highest BCUT2D eigenvalue weighted by atomic mass is 16.5. The second-order valence-electron chi connectivity index (χ2n) is 5.07. The molecule has 3 heteroatoms. The topological polar surface area (TPSA) is 42.4 Å². The molecule has 0 bridgehead atoms. The molecule has 0 saturated carbocycles. The Bertz CT molecular complexity index is 778. The van der Waals surface area contributed by atoms with Gasteiger partial charge in [-0.05, 0) is 30.5 Å². The summed E-state index contributed by atoms with van der Waals surface area (Å²) >= 11 is 0. The molecule has 0 aliphatic carbocycles. The Morgan fingerprint density at radius 2 is 1.90 bits per heavy atom. The SMILES string of the molecule is COc1ccc(C)cc1C(O)c1nccc2ccccc12. The van der Waals surface area contributed by atoms with Crippen LogP contribution in [0, 0.1) is 6.92 Å². The normalized spacial score (nSPS) is 12.3. The second kappa shape index (κ2) is 5.54. The van der Waals surface area contributed by atoms with Crippen LogP contribution in [0.25, 0.3) is 10.8 Å². The van der Waals surface area contributed by atoms with Gasteiger partial charge in [0.15, 0.2) is 0 Å². The van der Waals surface area contributed by atoms with Gasteiger partial charge < -0.3 is 9.84 Å². The van der Waals surface area contributed by atoms with Gasteiger partial charge in [0.25, 0.3) is 0 Å². The molecule has 3 rings (SSSR count).